The summed E-state index contributed by atoms with van der Waals surface area (Å²) in [7, 11) is 0. The Balaban J connectivity index is 1.46. The molecular formula is C11H20N2O4. The first-order valence-corrected chi connectivity index (χ1v) is 6.15. The van der Waals surface area contributed by atoms with E-state index in [4.69, 9.17) is 14.6 Å². The second-order valence-electron chi connectivity index (χ2n) is 4.49. The van der Waals surface area contributed by atoms with Crippen LogP contribution in [-0.4, -0.2) is 79.6 Å². The number of nitrogens with zero attached hydrogens (tertiary/aromatic N) is 2. The van der Waals surface area contributed by atoms with Crippen LogP contribution in [0.15, 0.2) is 0 Å². The zero-order chi connectivity index (χ0) is 12.1. The van der Waals surface area contributed by atoms with E-state index in [0.717, 1.165) is 45.9 Å². The molecule has 0 atom stereocenters. The number of ether oxygens (including phenoxy) is 2. The molecule has 0 aromatic rings. The van der Waals surface area contributed by atoms with Gasteiger partial charge >= 0.3 is 6.09 Å². The molecule has 0 aromatic carbocycles. The number of rotatable bonds is 5. The van der Waals surface area contributed by atoms with Crippen LogP contribution >= 0.6 is 0 Å². The van der Waals surface area contributed by atoms with Gasteiger partial charge in [0.1, 0.15) is 0 Å². The molecule has 6 nitrogen and oxygen atoms in total. The number of amides is 1. The predicted molar refractivity (Wildman–Crippen MR) is 61.2 cm³/mol. The molecule has 0 unspecified atom stereocenters. The number of carboxylic acid groups (broad SMARTS) is 1. The van der Waals surface area contributed by atoms with E-state index in [2.05, 4.69) is 4.90 Å². The van der Waals surface area contributed by atoms with E-state index in [1.807, 2.05) is 0 Å². The molecule has 0 radical (unpaired) electrons. The fourth-order valence-corrected chi connectivity index (χ4v) is 2.06. The fraction of sp³-hybridized carbons (Fsp3) is 0.909. The molecule has 6 heteroatoms. The third-order valence-electron chi connectivity index (χ3n) is 3.19. The summed E-state index contributed by atoms with van der Waals surface area (Å²) in [6.07, 6.45) is 0.262. The molecule has 2 fully saturated rings. The average Bonchev–Trinajstić information content (AvgIpc) is 2.27. The van der Waals surface area contributed by atoms with Gasteiger partial charge in [0.25, 0.3) is 0 Å². The van der Waals surface area contributed by atoms with Gasteiger partial charge in [-0.2, -0.15) is 0 Å². The number of likely N-dealkylation sites (tertiary alicyclic amines) is 1. The van der Waals surface area contributed by atoms with Gasteiger partial charge in [0.15, 0.2) is 0 Å². The highest BCUT2D eigenvalue weighted by Gasteiger charge is 2.30. The van der Waals surface area contributed by atoms with Crippen LogP contribution in [0.3, 0.4) is 0 Å². The standard InChI is InChI=1S/C11H20N2O4/c14-11(15)13-8-10(9-13)17-5-1-2-12-3-6-16-7-4-12/h10H,1-9H2,(H,14,15). The topological polar surface area (TPSA) is 62.2 Å². The van der Waals surface area contributed by atoms with E-state index < -0.39 is 6.09 Å². The third-order valence-corrected chi connectivity index (χ3v) is 3.19. The van der Waals surface area contributed by atoms with Gasteiger partial charge in [-0.05, 0) is 6.42 Å². The third kappa shape index (κ3) is 3.83. The van der Waals surface area contributed by atoms with Gasteiger partial charge < -0.3 is 19.5 Å². The van der Waals surface area contributed by atoms with Crippen LogP contribution in [0.1, 0.15) is 6.42 Å². The van der Waals surface area contributed by atoms with E-state index in [1.165, 1.54) is 4.90 Å². The zero-order valence-corrected chi connectivity index (χ0v) is 10.0. The maximum absolute atomic E-state index is 10.5. The summed E-state index contributed by atoms with van der Waals surface area (Å²) in [5.74, 6) is 0. The smallest absolute Gasteiger partial charge is 0.407 e. The van der Waals surface area contributed by atoms with Gasteiger partial charge in [0.05, 0.1) is 32.4 Å². The van der Waals surface area contributed by atoms with Crippen LogP contribution in [0.5, 0.6) is 0 Å². The monoisotopic (exact) mass is 244 g/mol. The van der Waals surface area contributed by atoms with Crippen molar-refractivity contribution in [3.63, 3.8) is 0 Å². The zero-order valence-electron chi connectivity index (χ0n) is 10.0. The van der Waals surface area contributed by atoms with Gasteiger partial charge in [-0.25, -0.2) is 4.79 Å². The maximum atomic E-state index is 10.5. The summed E-state index contributed by atoms with van der Waals surface area (Å²) in [5.41, 5.74) is 0. The average molecular weight is 244 g/mol. The lowest BCUT2D eigenvalue weighted by molar-refractivity contribution is -0.0479. The van der Waals surface area contributed by atoms with E-state index in [-0.39, 0.29) is 6.10 Å². The van der Waals surface area contributed by atoms with Crippen molar-refractivity contribution in [2.24, 2.45) is 0 Å². The Kier molecular flexibility index (Phi) is 4.58. The Morgan fingerprint density at radius 1 is 1.35 bits per heavy atom. The Morgan fingerprint density at radius 3 is 2.71 bits per heavy atom. The molecule has 0 aliphatic carbocycles. The predicted octanol–water partition coefficient (Wildman–Crippen LogP) is 0.0875. The second-order valence-corrected chi connectivity index (χ2v) is 4.49. The molecule has 98 valence electrons. The molecule has 2 saturated heterocycles. The van der Waals surface area contributed by atoms with Crippen molar-refractivity contribution in [2.45, 2.75) is 12.5 Å². The molecule has 1 N–H and O–H groups in total. The normalized spacial score (nSPS) is 22.5. The molecule has 2 heterocycles. The SMILES string of the molecule is O=C(O)N1CC(OCCCN2CCOCC2)C1. The highest BCUT2D eigenvalue weighted by atomic mass is 16.5. The second kappa shape index (κ2) is 6.18. The summed E-state index contributed by atoms with van der Waals surface area (Å²) in [4.78, 5) is 14.3. The van der Waals surface area contributed by atoms with Crippen molar-refractivity contribution in [1.82, 2.24) is 9.80 Å². The minimum Gasteiger partial charge on any atom is -0.465 e. The molecule has 17 heavy (non-hydrogen) atoms. The number of morpholine rings is 1. The van der Waals surface area contributed by atoms with Gasteiger partial charge in [-0.3, -0.25) is 4.90 Å². The number of carbonyl (C=O) groups is 1. The van der Waals surface area contributed by atoms with Crippen LogP contribution < -0.4 is 0 Å². The molecule has 2 rings (SSSR count). The molecular weight excluding hydrogens is 224 g/mol. The van der Waals surface area contributed by atoms with Crippen molar-refractivity contribution in [3.8, 4) is 0 Å². The maximum Gasteiger partial charge on any atom is 0.407 e. The van der Waals surface area contributed by atoms with Gasteiger partial charge in [0, 0.05) is 26.2 Å². The first kappa shape index (κ1) is 12.6. The first-order valence-electron chi connectivity index (χ1n) is 6.15. The quantitative estimate of drug-likeness (QED) is 0.694. The molecule has 0 spiro atoms. The minimum absolute atomic E-state index is 0.107. The number of hydrogen-bond acceptors (Lipinski definition) is 4. The first-order chi connectivity index (χ1) is 8.25. The van der Waals surface area contributed by atoms with Gasteiger partial charge in [0.2, 0.25) is 0 Å². The molecule has 2 aliphatic rings. The molecule has 0 bridgehead atoms. The van der Waals surface area contributed by atoms with Crippen molar-refractivity contribution in [2.75, 3.05) is 52.5 Å². The summed E-state index contributed by atoms with van der Waals surface area (Å²) in [6.45, 7) is 6.48. The molecule has 2 aliphatic heterocycles. The van der Waals surface area contributed by atoms with Crippen molar-refractivity contribution < 1.29 is 19.4 Å². The molecule has 0 saturated carbocycles. The lowest BCUT2D eigenvalue weighted by atomic mass is 10.2. The largest absolute Gasteiger partial charge is 0.465 e. The van der Waals surface area contributed by atoms with E-state index >= 15 is 0 Å². The lowest BCUT2D eigenvalue weighted by Crippen LogP contribution is -2.54. The Morgan fingerprint density at radius 2 is 2.06 bits per heavy atom. The van der Waals surface area contributed by atoms with Crippen LogP contribution in [-0.2, 0) is 9.47 Å². The van der Waals surface area contributed by atoms with Crippen LogP contribution in [0.25, 0.3) is 0 Å². The van der Waals surface area contributed by atoms with E-state index in [0.29, 0.717) is 13.1 Å². The van der Waals surface area contributed by atoms with Crippen LogP contribution in [0, 0.1) is 0 Å². The fourth-order valence-electron chi connectivity index (χ4n) is 2.06. The Labute approximate surface area is 101 Å². The van der Waals surface area contributed by atoms with Crippen LogP contribution in [0.2, 0.25) is 0 Å². The molecule has 1 amide bonds. The highest BCUT2D eigenvalue weighted by molar-refractivity contribution is 5.66. The van der Waals surface area contributed by atoms with E-state index in [1.54, 1.807) is 0 Å². The Bertz CT molecular complexity index is 250. The van der Waals surface area contributed by atoms with Crippen molar-refractivity contribution in [3.05, 3.63) is 0 Å². The van der Waals surface area contributed by atoms with Gasteiger partial charge in [-0.1, -0.05) is 0 Å². The summed E-state index contributed by atoms with van der Waals surface area (Å²) in [6, 6.07) is 0. The summed E-state index contributed by atoms with van der Waals surface area (Å²) >= 11 is 0. The number of hydrogen-bond donors (Lipinski definition) is 1. The van der Waals surface area contributed by atoms with Crippen LogP contribution in [0.4, 0.5) is 4.79 Å². The highest BCUT2D eigenvalue weighted by Crippen LogP contribution is 2.11. The van der Waals surface area contributed by atoms with E-state index in [9.17, 15) is 4.79 Å². The Hall–Kier alpha value is -0.850. The van der Waals surface area contributed by atoms with Crippen molar-refractivity contribution >= 4 is 6.09 Å². The van der Waals surface area contributed by atoms with Gasteiger partial charge in [-0.15, -0.1) is 0 Å². The summed E-state index contributed by atoms with van der Waals surface area (Å²) in [5, 5.41) is 8.64. The lowest BCUT2D eigenvalue weighted by Gasteiger charge is -2.36. The summed E-state index contributed by atoms with van der Waals surface area (Å²) < 4.78 is 10.9. The molecule has 0 aromatic heterocycles. The minimum atomic E-state index is -0.849. The van der Waals surface area contributed by atoms with Crippen molar-refractivity contribution in [1.29, 1.82) is 0 Å².